The molecule has 4 rings (SSSR count). The first-order valence-electron chi connectivity index (χ1n) is 12.5. The Labute approximate surface area is 201 Å². The van der Waals surface area contributed by atoms with Crippen LogP contribution < -0.4 is 10.6 Å². The van der Waals surface area contributed by atoms with Crippen LogP contribution in [-0.2, 0) is 25.7 Å². The van der Waals surface area contributed by atoms with Crippen LogP contribution in [0, 0.1) is 23.7 Å². The lowest BCUT2D eigenvalue weighted by Gasteiger charge is -2.27. The first-order chi connectivity index (χ1) is 16.3. The summed E-state index contributed by atoms with van der Waals surface area (Å²) in [6, 6.07) is 6.63. The van der Waals surface area contributed by atoms with Crippen molar-refractivity contribution < 1.29 is 19.2 Å². The van der Waals surface area contributed by atoms with Crippen LogP contribution >= 0.6 is 0 Å². The topological polar surface area (TPSA) is 95.6 Å². The molecule has 3 aliphatic rings. The van der Waals surface area contributed by atoms with Gasteiger partial charge in [-0.25, -0.2) is 0 Å². The third-order valence-electron chi connectivity index (χ3n) is 7.24. The first kappa shape index (κ1) is 24.2. The van der Waals surface area contributed by atoms with Gasteiger partial charge < -0.3 is 10.6 Å². The molecule has 0 radical (unpaired) electrons. The summed E-state index contributed by atoms with van der Waals surface area (Å²) >= 11 is 0. The van der Waals surface area contributed by atoms with E-state index in [1.165, 1.54) is 4.90 Å². The summed E-state index contributed by atoms with van der Waals surface area (Å²) in [4.78, 5) is 53.0. The van der Waals surface area contributed by atoms with Crippen molar-refractivity contribution in [3.8, 4) is 0 Å². The zero-order valence-corrected chi connectivity index (χ0v) is 20.1. The zero-order chi connectivity index (χ0) is 24.2. The van der Waals surface area contributed by atoms with Gasteiger partial charge in [-0.1, -0.05) is 51.0 Å². The molecule has 1 aromatic carbocycles. The number of likely N-dealkylation sites (tertiary alicyclic amines) is 1. The first-order valence-corrected chi connectivity index (χ1v) is 12.5. The molecule has 0 aromatic heterocycles. The monoisotopic (exact) mass is 465 g/mol. The van der Waals surface area contributed by atoms with Gasteiger partial charge in [-0.3, -0.25) is 24.1 Å². The highest BCUT2D eigenvalue weighted by Gasteiger charge is 2.51. The third-order valence-corrected chi connectivity index (χ3v) is 7.24. The van der Waals surface area contributed by atoms with Gasteiger partial charge in [0.1, 0.15) is 6.04 Å². The maximum Gasteiger partial charge on any atom is 0.243 e. The van der Waals surface area contributed by atoms with E-state index >= 15 is 0 Å². The summed E-state index contributed by atoms with van der Waals surface area (Å²) in [5, 5.41) is 5.92. The number of hydrogen-bond acceptors (Lipinski definition) is 4. The van der Waals surface area contributed by atoms with Gasteiger partial charge in [0.05, 0.1) is 11.8 Å². The van der Waals surface area contributed by atoms with Crippen LogP contribution in [0.15, 0.2) is 36.4 Å². The molecule has 34 heavy (non-hydrogen) atoms. The number of hydrogen-bond donors (Lipinski definition) is 2. The lowest BCUT2D eigenvalue weighted by Crippen LogP contribution is -2.50. The smallest absolute Gasteiger partial charge is 0.243 e. The number of carbonyl (C=O) groups is 4. The molecule has 1 heterocycles. The number of rotatable bonds is 8. The largest absolute Gasteiger partial charge is 0.350 e. The fraction of sp³-hybridized carbons (Fsp3) is 0.556. The number of fused-ring (bicyclic) bond motifs is 1. The number of imide groups is 1. The number of anilines is 1. The normalized spacial score (nSPS) is 23.3. The molecule has 4 amide bonds. The maximum atomic E-state index is 13.2. The van der Waals surface area contributed by atoms with Gasteiger partial charge >= 0.3 is 0 Å². The summed E-state index contributed by atoms with van der Waals surface area (Å²) < 4.78 is 0. The van der Waals surface area contributed by atoms with E-state index in [1.807, 2.05) is 50.3 Å². The molecule has 7 heteroatoms. The standard InChI is InChI=1S/C27H35N3O4/c1-17(2)14-23(30-26(33)21-12-5-6-13-22(21)27(30)34)25(32)28-16-18-8-7-11-20(15-18)29-24(31)19-9-3-4-10-19/h5-8,11,15,17,19,21-23H,3-4,9-10,12-14,16H2,1-2H3,(H,28,32)(H,29,31)/t21-,22-,23+/m0/s1. The molecule has 2 fully saturated rings. The average Bonchev–Trinajstić information content (AvgIpc) is 3.44. The molecular formula is C27H35N3O4. The average molecular weight is 466 g/mol. The van der Waals surface area contributed by atoms with Crippen LogP contribution in [0.2, 0.25) is 0 Å². The Morgan fingerprint density at radius 3 is 2.29 bits per heavy atom. The van der Waals surface area contributed by atoms with E-state index in [9.17, 15) is 19.2 Å². The summed E-state index contributed by atoms with van der Waals surface area (Å²) in [6.07, 6.45) is 9.51. The second-order valence-corrected chi connectivity index (χ2v) is 10.2. The van der Waals surface area contributed by atoms with Crippen LogP contribution in [0.25, 0.3) is 0 Å². The maximum absolute atomic E-state index is 13.2. The summed E-state index contributed by atoms with van der Waals surface area (Å²) in [5.41, 5.74) is 1.56. The molecule has 7 nitrogen and oxygen atoms in total. The number of nitrogens with one attached hydrogen (secondary N) is 2. The van der Waals surface area contributed by atoms with Crippen molar-refractivity contribution >= 4 is 29.3 Å². The molecule has 0 unspecified atom stereocenters. The predicted octanol–water partition coefficient (Wildman–Crippen LogP) is 3.80. The van der Waals surface area contributed by atoms with E-state index in [0.717, 1.165) is 31.2 Å². The van der Waals surface area contributed by atoms with Gasteiger partial charge in [0, 0.05) is 18.2 Å². The minimum Gasteiger partial charge on any atom is -0.350 e. The summed E-state index contributed by atoms with van der Waals surface area (Å²) in [7, 11) is 0. The number of allylic oxidation sites excluding steroid dienone is 2. The summed E-state index contributed by atoms with van der Waals surface area (Å²) in [5.74, 6) is -1.19. The molecule has 1 aromatic rings. The number of benzene rings is 1. The SMILES string of the molecule is CC(C)C[C@H](C(=O)NCc1cccc(NC(=O)C2CCCC2)c1)N1C(=O)[C@H]2CC=CC[C@@H]2C1=O. The van der Waals surface area contributed by atoms with Crippen molar-refractivity contribution in [3.05, 3.63) is 42.0 Å². The Balaban J connectivity index is 1.41. The Kier molecular flexibility index (Phi) is 7.49. The number of carbonyl (C=O) groups excluding carboxylic acids is 4. The second-order valence-electron chi connectivity index (χ2n) is 10.2. The van der Waals surface area contributed by atoms with E-state index in [2.05, 4.69) is 10.6 Å². The van der Waals surface area contributed by atoms with E-state index in [4.69, 9.17) is 0 Å². The van der Waals surface area contributed by atoms with Crippen molar-refractivity contribution in [1.82, 2.24) is 10.2 Å². The summed E-state index contributed by atoms with van der Waals surface area (Å²) in [6.45, 7) is 4.22. The van der Waals surface area contributed by atoms with E-state index in [-0.39, 0.29) is 53.8 Å². The fourth-order valence-electron chi connectivity index (χ4n) is 5.41. The van der Waals surface area contributed by atoms with Crippen LogP contribution in [0.1, 0.15) is 64.4 Å². The lowest BCUT2D eigenvalue weighted by atomic mass is 9.85. The second kappa shape index (κ2) is 10.5. The molecule has 2 aliphatic carbocycles. The Bertz CT molecular complexity index is 954. The zero-order valence-electron chi connectivity index (χ0n) is 20.1. The van der Waals surface area contributed by atoms with Crippen molar-refractivity contribution in [2.24, 2.45) is 23.7 Å². The minimum atomic E-state index is -0.809. The molecule has 0 spiro atoms. The van der Waals surface area contributed by atoms with Crippen molar-refractivity contribution in [2.75, 3.05) is 5.32 Å². The van der Waals surface area contributed by atoms with E-state index in [1.54, 1.807) is 0 Å². The van der Waals surface area contributed by atoms with Crippen LogP contribution in [0.5, 0.6) is 0 Å². The highest BCUT2D eigenvalue weighted by Crippen LogP contribution is 2.37. The van der Waals surface area contributed by atoms with Crippen molar-refractivity contribution in [2.45, 2.75) is 71.4 Å². The van der Waals surface area contributed by atoms with Crippen molar-refractivity contribution in [3.63, 3.8) is 0 Å². The van der Waals surface area contributed by atoms with Gasteiger partial charge in [-0.15, -0.1) is 0 Å². The van der Waals surface area contributed by atoms with Crippen molar-refractivity contribution in [1.29, 1.82) is 0 Å². The highest BCUT2D eigenvalue weighted by molar-refractivity contribution is 6.08. The molecule has 1 aliphatic heterocycles. The third kappa shape index (κ3) is 5.24. The van der Waals surface area contributed by atoms with Crippen LogP contribution in [0.3, 0.4) is 0 Å². The molecular weight excluding hydrogens is 430 g/mol. The van der Waals surface area contributed by atoms with Crippen LogP contribution in [0.4, 0.5) is 5.69 Å². The van der Waals surface area contributed by atoms with E-state index in [0.29, 0.717) is 24.9 Å². The Morgan fingerprint density at radius 1 is 1.03 bits per heavy atom. The van der Waals surface area contributed by atoms with Gasteiger partial charge in [0.25, 0.3) is 0 Å². The molecule has 0 bridgehead atoms. The van der Waals surface area contributed by atoms with Gasteiger partial charge in [0.15, 0.2) is 0 Å². The molecule has 3 atom stereocenters. The Hall–Kier alpha value is -2.96. The molecule has 182 valence electrons. The fourth-order valence-corrected chi connectivity index (χ4v) is 5.41. The number of amides is 4. The molecule has 2 N–H and O–H groups in total. The highest BCUT2D eigenvalue weighted by atomic mass is 16.2. The van der Waals surface area contributed by atoms with Crippen LogP contribution in [-0.4, -0.2) is 34.6 Å². The molecule has 1 saturated heterocycles. The minimum absolute atomic E-state index is 0.0534. The van der Waals surface area contributed by atoms with E-state index < -0.39 is 6.04 Å². The number of nitrogens with zero attached hydrogens (tertiary/aromatic N) is 1. The molecule has 1 saturated carbocycles. The Morgan fingerprint density at radius 2 is 1.68 bits per heavy atom. The lowest BCUT2D eigenvalue weighted by molar-refractivity contribution is -0.148. The van der Waals surface area contributed by atoms with Gasteiger partial charge in [0.2, 0.25) is 23.6 Å². The van der Waals surface area contributed by atoms with Gasteiger partial charge in [-0.05, 0) is 55.7 Å². The van der Waals surface area contributed by atoms with Gasteiger partial charge in [-0.2, -0.15) is 0 Å². The quantitative estimate of drug-likeness (QED) is 0.451. The predicted molar refractivity (Wildman–Crippen MR) is 129 cm³/mol.